The Hall–Kier alpha value is -2.47. The van der Waals surface area contributed by atoms with E-state index in [2.05, 4.69) is 17.7 Å². The van der Waals surface area contributed by atoms with Crippen LogP contribution in [0.1, 0.15) is 12.5 Å². The van der Waals surface area contributed by atoms with Gasteiger partial charge < -0.3 is 44.6 Å². The predicted octanol–water partition coefficient (Wildman–Crippen LogP) is -4.31. The third-order valence-corrected chi connectivity index (χ3v) is 10.4. The Morgan fingerprint density at radius 1 is 0.644 bits per heavy atom. The van der Waals surface area contributed by atoms with Crippen molar-refractivity contribution in [1.29, 1.82) is 0 Å². The predicted molar refractivity (Wildman–Crippen MR) is 138 cm³/mol. The molecule has 24 nitrogen and oxygen atoms in total. The summed E-state index contributed by atoms with van der Waals surface area (Å²) in [6, 6.07) is 1.79. The van der Waals surface area contributed by atoms with Crippen LogP contribution >= 0.6 is 23.5 Å². The van der Waals surface area contributed by atoms with Gasteiger partial charge in [-0.15, -0.1) is 0 Å². The molecule has 3 unspecified atom stereocenters. The lowest BCUT2D eigenvalue weighted by atomic mass is 10.1. The molecule has 0 aliphatic carbocycles. The SMILES string of the molecule is O=c1ccn([C@@H]2O[C@H](COP(=O)(O)OP(=O)(O)OP(=O)(O)OC[C@@H]3O[C@H](n4ccc(=O)[nH]c4=O)[C@@H](O)[C@H]3O)[C@@H](O)[C@H]2O)c(=O)[nH]1. The summed E-state index contributed by atoms with van der Waals surface area (Å²) >= 11 is 0. The van der Waals surface area contributed by atoms with E-state index in [1.807, 2.05) is 9.97 Å². The molecule has 9 N–H and O–H groups in total. The topological polar surface area (TPSA) is 358 Å². The van der Waals surface area contributed by atoms with Gasteiger partial charge in [-0.3, -0.25) is 37.7 Å². The first-order valence-electron chi connectivity index (χ1n) is 12.2. The quantitative estimate of drug-likeness (QED) is 0.0940. The first kappa shape index (κ1) is 35.4. The molecular formula is C18H25N4O20P3. The second kappa shape index (κ2) is 13.3. The van der Waals surface area contributed by atoms with Gasteiger partial charge in [-0.2, -0.15) is 8.62 Å². The number of nitrogens with zero attached hydrogens (tertiary/aromatic N) is 2. The summed E-state index contributed by atoms with van der Waals surface area (Å²) in [7, 11) is -17.4. The number of rotatable bonds is 12. The summed E-state index contributed by atoms with van der Waals surface area (Å²) in [5.41, 5.74) is -3.65. The molecule has 2 fully saturated rings. The second-order valence-corrected chi connectivity index (χ2v) is 13.9. The maximum atomic E-state index is 12.2. The van der Waals surface area contributed by atoms with Crippen molar-refractivity contribution >= 4 is 23.5 Å². The van der Waals surface area contributed by atoms with Gasteiger partial charge in [-0.05, 0) is 0 Å². The van der Waals surface area contributed by atoms with Gasteiger partial charge in [0.15, 0.2) is 12.5 Å². The van der Waals surface area contributed by atoms with Crippen molar-refractivity contribution in [1.82, 2.24) is 19.1 Å². The van der Waals surface area contributed by atoms with Gasteiger partial charge in [-0.1, -0.05) is 0 Å². The molecule has 0 aromatic carbocycles. The number of aliphatic hydroxyl groups excluding tert-OH is 4. The fourth-order valence-electron chi connectivity index (χ4n) is 4.11. The molecule has 0 saturated carbocycles. The van der Waals surface area contributed by atoms with Crippen LogP contribution in [0.3, 0.4) is 0 Å². The average Bonchev–Trinajstić information content (AvgIpc) is 3.35. The fourth-order valence-corrected chi connectivity index (χ4v) is 7.63. The minimum Gasteiger partial charge on any atom is -0.387 e. The molecule has 252 valence electrons. The molecule has 0 spiro atoms. The molecular weight excluding hydrogens is 685 g/mol. The van der Waals surface area contributed by atoms with Crippen LogP contribution in [0, 0.1) is 0 Å². The van der Waals surface area contributed by atoms with E-state index < -0.39 is 108 Å². The van der Waals surface area contributed by atoms with Crippen LogP contribution in [0.5, 0.6) is 0 Å². The molecule has 2 aliphatic heterocycles. The molecule has 27 heteroatoms. The van der Waals surface area contributed by atoms with Gasteiger partial charge in [-0.25, -0.2) is 23.3 Å². The van der Waals surface area contributed by atoms with Crippen molar-refractivity contribution in [3.8, 4) is 0 Å². The standard InChI is InChI=1S/C18H25N4O20P3/c23-9-1-3-21(17(29)19-9)15-13(27)11(25)7(39-15)5-37-43(31,32)41-45(35,36)42-44(33,34)38-6-8-12(26)14(28)16(40-8)22-4-2-10(24)20-18(22)30/h1-4,7-8,11-16,25-28H,5-6H2,(H,31,32)(H,33,34)(H,35,36)(H,19,23,29)(H,20,24,30)/t7-,8+,11-,12+,13-,14+,15-,16+. The number of aromatic amines is 2. The third kappa shape index (κ3) is 8.47. The van der Waals surface area contributed by atoms with Gasteiger partial charge in [0.2, 0.25) is 0 Å². The van der Waals surface area contributed by atoms with Gasteiger partial charge in [0.1, 0.15) is 36.6 Å². The van der Waals surface area contributed by atoms with Crippen LogP contribution in [0.2, 0.25) is 0 Å². The van der Waals surface area contributed by atoms with Crippen molar-refractivity contribution < 1.29 is 75.9 Å². The van der Waals surface area contributed by atoms with Crippen LogP contribution in [-0.4, -0.2) is 104 Å². The molecule has 45 heavy (non-hydrogen) atoms. The van der Waals surface area contributed by atoms with Crippen molar-refractivity contribution in [2.75, 3.05) is 13.2 Å². The first-order chi connectivity index (χ1) is 20.8. The Bertz CT molecular complexity index is 1650. The summed E-state index contributed by atoms with van der Waals surface area (Å²) in [5, 5.41) is 40.7. The number of aliphatic hydroxyl groups is 4. The van der Waals surface area contributed by atoms with E-state index in [0.717, 1.165) is 24.5 Å². The smallest absolute Gasteiger partial charge is 0.387 e. The van der Waals surface area contributed by atoms with Crippen molar-refractivity contribution in [2.45, 2.75) is 49.1 Å². The summed E-state index contributed by atoms with van der Waals surface area (Å²) in [4.78, 5) is 79.5. The molecule has 0 bridgehead atoms. The molecule has 2 aromatic heterocycles. The van der Waals surface area contributed by atoms with E-state index in [1.54, 1.807) is 0 Å². The second-order valence-electron chi connectivity index (χ2n) is 9.29. The Balaban J connectivity index is 1.31. The number of hydrogen-bond donors (Lipinski definition) is 9. The Labute approximate surface area is 247 Å². The third-order valence-electron chi connectivity index (χ3n) is 6.14. The zero-order chi connectivity index (χ0) is 33.5. The Morgan fingerprint density at radius 2 is 1.00 bits per heavy atom. The minimum atomic E-state index is -6.00. The maximum absolute atomic E-state index is 12.2. The van der Waals surface area contributed by atoms with Crippen LogP contribution in [0.4, 0.5) is 0 Å². The number of nitrogens with one attached hydrogen (secondary N) is 2. The van der Waals surface area contributed by atoms with E-state index in [0.29, 0.717) is 9.13 Å². The zero-order valence-corrected chi connectivity index (χ0v) is 24.7. The lowest BCUT2D eigenvalue weighted by Crippen LogP contribution is -2.37. The fraction of sp³-hybridized carbons (Fsp3) is 0.556. The van der Waals surface area contributed by atoms with E-state index >= 15 is 0 Å². The van der Waals surface area contributed by atoms with E-state index in [4.69, 9.17) is 9.47 Å². The summed E-state index contributed by atoms with van der Waals surface area (Å²) in [5.74, 6) is 0. The van der Waals surface area contributed by atoms with Crippen molar-refractivity contribution in [3.05, 3.63) is 66.2 Å². The highest BCUT2D eigenvalue weighted by Crippen LogP contribution is 2.67. The molecule has 2 aromatic rings. The maximum Gasteiger partial charge on any atom is 0.490 e. The monoisotopic (exact) mass is 710 g/mol. The van der Waals surface area contributed by atoms with E-state index in [-0.39, 0.29) is 0 Å². The Kier molecular flexibility index (Phi) is 10.5. The van der Waals surface area contributed by atoms with E-state index in [1.165, 1.54) is 0 Å². The van der Waals surface area contributed by atoms with Crippen LogP contribution < -0.4 is 22.5 Å². The highest BCUT2D eigenvalue weighted by atomic mass is 31.3. The van der Waals surface area contributed by atoms with Gasteiger partial charge in [0.25, 0.3) is 11.1 Å². The molecule has 2 saturated heterocycles. The highest BCUT2D eigenvalue weighted by molar-refractivity contribution is 7.66. The van der Waals surface area contributed by atoms with Crippen molar-refractivity contribution in [2.24, 2.45) is 0 Å². The van der Waals surface area contributed by atoms with Crippen molar-refractivity contribution in [3.63, 3.8) is 0 Å². The average molecular weight is 710 g/mol. The minimum absolute atomic E-state index is 0.679. The van der Waals surface area contributed by atoms with Crippen LogP contribution in [-0.2, 0) is 40.8 Å². The number of ether oxygens (including phenoxy) is 2. The van der Waals surface area contributed by atoms with E-state index in [9.17, 15) is 68.0 Å². The Morgan fingerprint density at radius 3 is 1.33 bits per heavy atom. The number of phosphoric ester groups is 2. The van der Waals surface area contributed by atoms with Gasteiger partial charge >= 0.3 is 34.8 Å². The number of hydrogen-bond acceptors (Lipinski definition) is 17. The molecule has 0 amide bonds. The number of H-pyrrole nitrogens is 2. The molecule has 0 radical (unpaired) electrons. The highest BCUT2D eigenvalue weighted by Gasteiger charge is 2.48. The number of aromatic nitrogens is 4. The molecule has 11 atom stereocenters. The largest absolute Gasteiger partial charge is 0.490 e. The van der Waals surface area contributed by atoms with Gasteiger partial charge in [0.05, 0.1) is 13.2 Å². The zero-order valence-electron chi connectivity index (χ0n) is 22.0. The molecule has 4 rings (SSSR count). The lowest BCUT2D eigenvalue weighted by Gasteiger charge is -2.21. The first-order valence-corrected chi connectivity index (χ1v) is 16.6. The van der Waals surface area contributed by atoms with Crippen LogP contribution in [0.15, 0.2) is 43.7 Å². The summed E-state index contributed by atoms with van der Waals surface area (Å²) < 4.78 is 65.2. The number of phosphoric acid groups is 3. The van der Waals surface area contributed by atoms with Gasteiger partial charge in [0, 0.05) is 24.5 Å². The normalized spacial score (nSPS) is 32.5. The molecule has 4 heterocycles. The van der Waals surface area contributed by atoms with Crippen LogP contribution in [0.25, 0.3) is 0 Å². The lowest BCUT2D eigenvalue weighted by molar-refractivity contribution is -0.0549. The summed E-state index contributed by atoms with van der Waals surface area (Å²) in [6.45, 7) is -2.26. The molecule has 2 aliphatic rings. The summed E-state index contributed by atoms with van der Waals surface area (Å²) in [6.07, 6.45) is -12.1.